The number of carbonyl (C=O) groups excluding carboxylic acids is 2. The highest BCUT2D eigenvalue weighted by molar-refractivity contribution is 8.26. The second kappa shape index (κ2) is 10.3. The fourth-order valence-electron chi connectivity index (χ4n) is 3.37. The van der Waals surface area contributed by atoms with Crippen molar-refractivity contribution >= 4 is 51.9 Å². The molecule has 2 amide bonds. The molecule has 1 aromatic heterocycles. The molecule has 2 saturated heterocycles. The number of thiocarbonyl (C=S) groups is 1. The van der Waals surface area contributed by atoms with Crippen LogP contribution in [-0.2, 0) is 14.3 Å². The van der Waals surface area contributed by atoms with Crippen molar-refractivity contribution in [3.05, 3.63) is 57.2 Å². The van der Waals surface area contributed by atoms with E-state index in [0.717, 1.165) is 29.9 Å². The zero-order valence-electron chi connectivity index (χ0n) is 17.4. The van der Waals surface area contributed by atoms with Crippen molar-refractivity contribution in [3.8, 4) is 11.3 Å². The molecule has 2 aliphatic rings. The normalized spacial score (nSPS) is 18.2. The minimum Gasteiger partial charge on any atom is -0.456 e. The van der Waals surface area contributed by atoms with Gasteiger partial charge in [-0.25, -0.2) is 0 Å². The van der Waals surface area contributed by atoms with Crippen molar-refractivity contribution < 1.29 is 23.7 Å². The highest BCUT2D eigenvalue weighted by atomic mass is 32.2. The molecule has 0 radical (unpaired) electrons. The molecule has 1 aromatic carbocycles. The third-order valence-corrected chi connectivity index (χ3v) is 6.36. The van der Waals surface area contributed by atoms with E-state index in [2.05, 4.69) is 10.3 Å². The van der Waals surface area contributed by atoms with E-state index < -0.39 is 10.8 Å². The van der Waals surface area contributed by atoms with E-state index >= 15 is 0 Å². The van der Waals surface area contributed by atoms with Crippen LogP contribution in [-0.4, -0.2) is 63.8 Å². The predicted octanol–water partition coefficient (Wildman–Crippen LogP) is 2.81. The summed E-state index contributed by atoms with van der Waals surface area (Å²) < 4.78 is 11.2. The number of para-hydroxylation sites is 1. The number of amides is 2. The highest BCUT2D eigenvalue weighted by Gasteiger charge is 2.34. The van der Waals surface area contributed by atoms with E-state index in [-0.39, 0.29) is 27.2 Å². The first-order valence-corrected chi connectivity index (χ1v) is 11.4. The molecule has 172 valence electrons. The number of morpholine rings is 1. The molecule has 4 rings (SSSR count). The molecule has 0 aliphatic carbocycles. The van der Waals surface area contributed by atoms with E-state index in [1.807, 2.05) is 0 Å². The Labute approximate surface area is 198 Å². The summed E-state index contributed by atoms with van der Waals surface area (Å²) in [6.45, 7) is 3.41. The zero-order chi connectivity index (χ0) is 23.4. The number of benzene rings is 1. The lowest BCUT2D eigenvalue weighted by Crippen LogP contribution is -2.46. The number of nitro benzene ring substituents is 1. The van der Waals surface area contributed by atoms with Crippen LogP contribution in [0, 0.1) is 10.1 Å². The van der Waals surface area contributed by atoms with Gasteiger partial charge in [-0.3, -0.25) is 30.0 Å². The molecule has 3 heterocycles. The summed E-state index contributed by atoms with van der Waals surface area (Å²) >= 11 is 6.28. The number of thioether (sulfide) groups is 1. The number of rotatable bonds is 7. The van der Waals surface area contributed by atoms with Gasteiger partial charge in [-0.05, 0) is 30.4 Å². The quantitative estimate of drug-likeness (QED) is 0.272. The first-order valence-electron chi connectivity index (χ1n) is 10.1. The van der Waals surface area contributed by atoms with Gasteiger partial charge in [0.1, 0.15) is 11.5 Å². The van der Waals surface area contributed by atoms with Crippen molar-refractivity contribution in [2.45, 2.75) is 6.42 Å². The monoisotopic (exact) mass is 488 g/mol. The van der Waals surface area contributed by atoms with Crippen molar-refractivity contribution in [3.63, 3.8) is 0 Å². The van der Waals surface area contributed by atoms with Gasteiger partial charge < -0.3 is 9.15 Å². The number of carbonyl (C=O) groups is 2. The van der Waals surface area contributed by atoms with Crippen LogP contribution in [0.1, 0.15) is 12.2 Å². The standard InChI is InChI=1S/C21H20N4O6S2/c26-19(7-8-23-9-11-30-12-10-23)22-24-20(27)18(33-21(24)32)13-14-5-6-17(31-14)15-3-1-2-4-16(15)25(28)29/h1-6,13H,7-12H2,(H,22,26). The van der Waals surface area contributed by atoms with E-state index in [0.29, 0.717) is 36.8 Å². The second-order valence-electron chi connectivity index (χ2n) is 7.23. The van der Waals surface area contributed by atoms with Crippen molar-refractivity contribution in [2.24, 2.45) is 0 Å². The number of hydrogen-bond acceptors (Lipinski definition) is 9. The summed E-state index contributed by atoms with van der Waals surface area (Å²) in [5, 5.41) is 12.3. The second-order valence-corrected chi connectivity index (χ2v) is 8.91. The fourth-order valence-corrected chi connectivity index (χ4v) is 4.53. The zero-order valence-corrected chi connectivity index (χ0v) is 19.0. The van der Waals surface area contributed by atoms with Crippen molar-refractivity contribution in [1.82, 2.24) is 15.3 Å². The molecule has 0 atom stereocenters. The van der Waals surface area contributed by atoms with Crippen LogP contribution in [0.15, 0.2) is 45.7 Å². The van der Waals surface area contributed by atoms with Crippen LogP contribution in [0.5, 0.6) is 0 Å². The summed E-state index contributed by atoms with van der Waals surface area (Å²) in [7, 11) is 0. The minimum atomic E-state index is -0.482. The van der Waals surface area contributed by atoms with Crippen LogP contribution in [0.25, 0.3) is 17.4 Å². The lowest BCUT2D eigenvalue weighted by atomic mass is 10.1. The number of hydrazine groups is 1. The Bertz CT molecular complexity index is 1130. The van der Waals surface area contributed by atoms with E-state index in [1.54, 1.807) is 30.3 Å². The van der Waals surface area contributed by atoms with Crippen molar-refractivity contribution in [2.75, 3.05) is 32.8 Å². The highest BCUT2D eigenvalue weighted by Crippen LogP contribution is 2.34. The first-order chi connectivity index (χ1) is 15.9. The number of ether oxygens (including phenoxy) is 1. The molecule has 0 bridgehead atoms. The molecular weight excluding hydrogens is 468 g/mol. The summed E-state index contributed by atoms with van der Waals surface area (Å²) in [5.41, 5.74) is 2.82. The Morgan fingerprint density at radius 1 is 1.24 bits per heavy atom. The largest absolute Gasteiger partial charge is 0.456 e. The van der Waals surface area contributed by atoms with Crippen LogP contribution >= 0.6 is 24.0 Å². The number of nitro groups is 1. The lowest BCUT2D eigenvalue weighted by molar-refractivity contribution is -0.384. The Morgan fingerprint density at radius 3 is 2.76 bits per heavy atom. The van der Waals surface area contributed by atoms with E-state index in [9.17, 15) is 19.7 Å². The Balaban J connectivity index is 1.41. The Morgan fingerprint density at radius 2 is 2.00 bits per heavy atom. The molecule has 10 nitrogen and oxygen atoms in total. The van der Waals surface area contributed by atoms with Crippen LogP contribution in [0.3, 0.4) is 0 Å². The molecule has 2 fully saturated rings. The van der Waals surface area contributed by atoms with Gasteiger partial charge in [0.15, 0.2) is 4.32 Å². The molecule has 0 unspecified atom stereocenters. The maximum absolute atomic E-state index is 12.8. The van der Waals surface area contributed by atoms with Gasteiger partial charge in [0.2, 0.25) is 5.91 Å². The maximum atomic E-state index is 12.8. The molecule has 0 saturated carbocycles. The third-order valence-electron chi connectivity index (χ3n) is 5.06. The molecular formula is C21H20N4O6S2. The topological polar surface area (TPSA) is 118 Å². The Hall–Kier alpha value is -3.06. The first kappa shape index (κ1) is 23.1. The van der Waals surface area contributed by atoms with Crippen LogP contribution in [0.4, 0.5) is 5.69 Å². The average molecular weight is 489 g/mol. The SMILES string of the molecule is O=C(CCN1CCOCC1)NN1C(=O)C(=Cc2ccc(-c3ccccc3[N+](=O)[O-])o2)SC1=S. The van der Waals surface area contributed by atoms with Gasteiger partial charge in [0.25, 0.3) is 11.6 Å². The molecule has 1 N–H and O–H groups in total. The number of furan rings is 1. The third kappa shape index (κ3) is 5.47. The summed E-state index contributed by atoms with van der Waals surface area (Å²) in [6.07, 6.45) is 1.73. The van der Waals surface area contributed by atoms with E-state index in [1.165, 1.54) is 12.1 Å². The fraction of sp³-hybridized carbons (Fsp3) is 0.286. The minimum absolute atomic E-state index is 0.0792. The average Bonchev–Trinajstić information content (AvgIpc) is 3.38. The summed E-state index contributed by atoms with van der Waals surface area (Å²) in [4.78, 5) is 38.3. The van der Waals surface area contributed by atoms with Gasteiger partial charge in [0.05, 0.1) is 28.6 Å². The number of hydrogen-bond donors (Lipinski definition) is 1. The van der Waals surface area contributed by atoms with Crippen LogP contribution < -0.4 is 5.43 Å². The van der Waals surface area contributed by atoms with Crippen LogP contribution in [0.2, 0.25) is 0 Å². The Kier molecular flexibility index (Phi) is 7.18. The van der Waals surface area contributed by atoms with Gasteiger partial charge >= 0.3 is 0 Å². The summed E-state index contributed by atoms with van der Waals surface area (Å²) in [5.74, 6) is -0.133. The number of nitrogens with one attached hydrogen (secondary N) is 1. The van der Waals surface area contributed by atoms with Gasteiger partial charge in [0, 0.05) is 38.2 Å². The molecule has 33 heavy (non-hydrogen) atoms. The lowest BCUT2D eigenvalue weighted by Gasteiger charge is -2.26. The molecule has 2 aromatic rings. The van der Waals surface area contributed by atoms with Gasteiger partial charge in [-0.15, -0.1) is 0 Å². The molecule has 0 spiro atoms. The maximum Gasteiger partial charge on any atom is 0.285 e. The molecule has 12 heteroatoms. The smallest absolute Gasteiger partial charge is 0.285 e. The van der Waals surface area contributed by atoms with E-state index in [4.69, 9.17) is 21.4 Å². The van der Waals surface area contributed by atoms with Gasteiger partial charge in [-0.1, -0.05) is 23.9 Å². The number of nitrogens with zero attached hydrogens (tertiary/aromatic N) is 3. The summed E-state index contributed by atoms with van der Waals surface area (Å²) in [6, 6.07) is 9.45. The predicted molar refractivity (Wildman–Crippen MR) is 126 cm³/mol. The molecule has 2 aliphatic heterocycles. The van der Waals surface area contributed by atoms with Crippen molar-refractivity contribution in [1.29, 1.82) is 0 Å². The van der Waals surface area contributed by atoms with Gasteiger partial charge in [-0.2, -0.15) is 5.01 Å².